The molecule has 1 amide bonds. The highest BCUT2D eigenvalue weighted by Crippen LogP contribution is 2.04. The maximum Gasteiger partial charge on any atom is 0.327 e. The van der Waals surface area contributed by atoms with Crippen molar-refractivity contribution in [3.8, 4) is 12.3 Å². The zero-order chi connectivity index (χ0) is 15.0. The summed E-state index contributed by atoms with van der Waals surface area (Å²) in [5, 5.41) is 11.2. The quantitative estimate of drug-likeness (QED) is 0.633. The van der Waals surface area contributed by atoms with Crippen molar-refractivity contribution < 1.29 is 14.7 Å². The second kappa shape index (κ2) is 7.97. The highest BCUT2D eigenvalue weighted by atomic mass is 16.4. The van der Waals surface area contributed by atoms with Gasteiger partial charge in [0.05, 0.1) is 6.04 Å². The van der Waals surface area contributed by atoms with Crippen LogP contribution in [-0.4, -0.2) is 29.1 Å². The smallest absolute Gasteiger partial charge is 0.327 e. The molecule has 20 heavy (non-hydrogen) atoms. The first-order valence-electron chi connectivity index (χ1n) is 6.30. The largest absolute Gasteiger partial charge is 0.480 e. The van der Waals surface area contributed by atoms with Gasteiger partial charge >= 0.3 is 5.97 Å². The first kappa shape index (κ1) is 15.7. The van der Waals surface area contributed by atoms with E-state index in [1.807, 2.05) is 30.3 Å². The van der Waals surface area contributed by atoms with Crippen LogP contribution in [0.15, 0.2) is 30.3 Å². The lowest BCUT2D eigenvalue weighted by molar-refractivity contribution is -0.141. The van der Waals surface area contributed by atoms with E-state index in [4.69, 9.17) is 17.3 Å². The number of benzene rings is 1. The molecule has 0 heterocycles. The van der Waals surface area contributed by atoms with E-state index in [1.54, 1.807) is 0 Å². The molecule has 0 saturated carbocycles. The second-order valence-corrected chi connectivity index (χ2v) is 4.44. The highest BCUT2D eigenvalue weighted by Gasteiger charge is 2.22. The normalized spacial score (nSPS) is 13.0. The summed E-state index contributed by atoms with van der Waals surface area (Å²) < 4.78 is 0. The molecule has 0 bridgehead atoms. The van der Waals surface area contributed by atoms with Gasteiger partial charge in [0.2, 0.25) is 5.91 Å². The van der Waals surface area contributed by atoms with Crippen molar-refractivity contribution in [1.82, 2.24) is 5.32 Å². The molecule has 0 aliphatic rings. The summed E-state index contributed by atoms with van der Waals surface area (Å²) >= 11 is 0. The summed E-state index contributed by atoms with van der Waals surface area (Å²) in [6, 6.07) is 7.78. The van der Waals surface area contributed by atoms with Gasteiger partial charge in [-0.05, 0) is 18.4 Å². The zero-order valence-electron chi connectivity index (χ0n) is 11.1. The molecule has 106 valence electrons. The van der Waals surface area contributed by atoms with Gasteiger partial charge < -0.3 is 16.2 Å². The number of carboxylic acids is 1. The first-order chi connectivity index (χ1) is 9.54. The fraction of sp³-hybridized carbons (Fsp3) is 0.333. The van der Waals surface area contributed by atoms with E-state index < -0.39 is 24.0 Å². The van der Waals surface area contributed by atoms with Crippen LogP contribution in [-0.2, 0) is 16.0 Å². The van der Waals surface area contributed by atoms with Gasteiger partial charge in [-0.2, -0.15) is 0 Å². The van der Waals surface area contributed by atoms with Crippen LogP contribution in [0.2, 0.25) is 0 Å². The molecule has 1 aromatic carbocycles. The van der Waals surface area contributed by atoms with Crippen molar-refractivity contribution in [2.24, 2.45) is 5.73 Å². The van der Waals surface area contributed by atoms with E-state index in [1.165, 1.54) is 0 Å². The molecule has 0 aromatic heterocycles. The van der Waals surface area contributed by atoms with Gasteiger partial charge in [0.25, 0.3) is 0 Å². The number of hydrogen-bond donors (Lipinski definition) is 3. The molecule has 5 heteroatoms. The van der Waals surface area contributed by atoms with E-state index >= 15 is 0 Å². The average Bonchev–Trinajstić information content (AvgIpc) is 2.45. The van der Waals surface area contributed by atoms with E-state index in [9.17, 15) is 9.59 Å². The highest BCUT2D eigenvalue weighted by molar-refractivity contribution is 5.86. The predicted molar refractivity (Wildman–Crippen MR) is 75.8 cm³/mol. The minimum absolute atomic E-state index is 0.0630. The topological polar surface area (TPSA) is 92.4 Å². The number of nitrogens with two attached hydrogens (primary N) is 1. The van der Waals surface area contributed by atoms with Crippen LogP contribution in [0.25, 0.3) is 0 Å². The monoisotopic (exact) mass is 274 g/mol. The van der Waals surface area contributed by atoms with Crippen LogP contribution in [0.4, 0.5) is 0 Å². The maximum atomic E-state index is 11.8. The third-order valence-electron chi connectivity index (χ3n) is 2.86. The summed E-state index contributed by atoms with van der Waals surface area (Å²) in [4.78, 5) is 22.7. The SMILES string of the molecule is C#CCC(NC(=O)C(N)CCc1ccccc1)C(=O)O. The zero-order valence-corrected chi connectivity index (χ0v) is 11.1. The number of nitrogens with one attached hydrogen (secondary N) is 1. The summed E-state index contributed by atoms with van der Waals surface area (Å²) in [5.41, 5.74) is 6.83. The summed E-state index contributed by atoms with van der Waals surface area (Å²) in [6.07, 6.45) is 6.09. The number of amides is 1. The number of terminal acetylenes is 1. The minimum Gasteiger partial charge on any atom is -0.480 e. The van der Waals surface area contributed by atoms with Crippen LogP contribution in [0, 0.1) is 12.3 Å². The number of rotatable bonds is 7. The molecule has 0 radical (unpaired) electrons. The molecule has 0 spiro atoms. The fourth-order valence-electron chi connectivity index (χ4n) is 1.69. The van der Waals surface area contributed by atoms with E-state index in [-0.39, 0.29) is 6.42 Å². The van der Waals surface area contributed by atoms with Crippen molar-refractivity contribution in [3.05, 3.63) is 35.9 Å². The Bertz CT molecular complexity index is 494. The number of hydrogen-bond acceptors (Lipinski definition) is 3. The average molecular weight is 274 g/mol. The summed E-state index contributed by atoms with van der Waals surface area (Å²) in [7, 11) is 0. The van der Waals surface area contributed by atoms with E-state index in [2.05, 4.69) is 11.2 Å². The van der Waals surface area contributed by atoms with Gasteiger partial charge in [-0.3, -0.25) is 4.79 Å². The third-order valence-corrected chi connectivity index (χ3v) is 2.86. The summed E-state index contributed by atoms with van der Waals surface area (Å²) in [5.74, 6) is 0.558. The molecule has 0 saturated heterocycles. The van der Waals surface area contributed by atoms with Gasteiger partial charge in [0.15, 0.2) is 0 Å². The van der Waals surface area contributed by atoms with E-state index in [0.29, 0.717) is 12.8 Å². The lowest BCUT2D eigenvalue weighted by Crippen LogP contribution is -2.48. The third kappa shape index (κ3) is 5.12. The molecular weight excluding hydrogens is 256 g/mol. The van der Waals surface area contributed by atoms with Gasteiger partial charge in [0.1, 0.15) is 6.04 Å². The molecular formula is C15H18N2O3. The van der Waals surface area contributed by atoms with Crippen LogP contribution in [0.3, 0.4) is 0 Å². The fourth-order valence-corrected chi connectivity index (χ4v) is 1.69. The van der Waals surface area contributed by atoms with Crippen molar-refractivity contribution >= 4 is 11.9 Å². The molecule has 0 aliphatic carbocycles. The van der Waals surface area contributed by atoms with Crippen LogP contribution < -0.4 is 11.1 Å². The van der Waals surface area contributed by atoms with Crippen molar-refractivity contribution in [2.45, 2.75) is 31.3 Å². The lowest BCUT2D eigenvalue weighted by Gasteiger charge is -2.16. The van der Waals surface area contributed by atoms with Crippen molar-refractivity contribution in [1.29, 1.82) is 0 Å². The molecule has 0 fully saturated rings. The number of aryl methyl sites for hydroxylation is 1. The molecule has 1 rings (SSSR count). The summed E-state index contributed by atoms with van der Waals surface area (Å²) in [6.45, 7) is 0. The maximum absolute atomic E-state index is 11.8. The Morgan fingerprint density at radius 1 is 1.35 bits per heavy atom. The Hall–Kier alpha value is -2.32. The van der Waals surface area contributed by atoms with Crippen LogP contribution in [0.1, 0.15) is 18.4 Å². The molecule has 4 N–H and O–H groups in total. The van der Waals surface area contributed by atoms with Gasteiger partial charge in [-0.25, -0.2) is 4.79 Å². The molecule has 2 atom stereocenters. The minimum atomic E-state index is -1.16. The number of carboxylic acid groups (broad SMARTS) is 1. The van der Waals surface area contributed by atoms with Crippen molar-refractivity contribution in [3.63, 3.8) is 0 Å². The van der Waals surface area contributed by atoms with Crippen LogP contribution in [0.5, 0.6) is 0 Å². The molecule has 1 aromatic rings. The number of carbonyl (C=O) groups is 2. The number of carbonyl (C=O) groups excluding carboxylic acids is 1. The Morgan fingerprint density at radius 2 is 2.00 bits per heavy atom. The van der Waals surface area contributed by atoms with Gasteiger partial charge in [0, 0.05) is 6.42 Å². The van der Waals surface area contributed by atoms with Gasteiger partial charge in [-0.15, -0.1) is 12.3 Å². The Kier molecular flexibility index (Phi) is 6.27. The second-order valence-electron chi connectivity index (χ2n) is 4.44. The van der Waals surface area contributed by atoms with Gasteiger partial charge in [-0.1, -0.05) is 30.3 Å². The first-order valence-corrected chi connectivity index (χ1v) is 6.30. The Balaban J connectivity index is 2.46. The van der Waals surface area contributed by atoms with Crippen molar-refractivity contribution in [2.75, 3.05) is 0 Å². The molecule has 0 aliphatic heterocycles. The Morgan fingerprint density at radius 3 is 2.55 bits per heavy atom. The van der Waals surface area contributed by atoms with E-state index in [0.717, 1.165) is 5.56 Å². The lowest BCUT2D eigenvalue weighted by atomic mass is 10.0. The Labute approximate surface area is 118 Å². The number of aliphatic carboxylic acids is 1. The molecule has 5 nitrogen and oxygen atoms in total. The predicted octanol–water partition coefficient (Wildman–Crippen LogP) is 0.539. The van der Waals surface area contributed by atoms with Crippen LogP contribution >= 0.6 is 0 Å². The standard InChI is InChI=1S/C15H18N2O3/c1-2-6-13(15(19)20)17-14(18)12(16)10-9-11-7-4-3-5-8-11/h1,3-5,7-8,12-13H,6,9-10,16H2,(H,17,18)(H,19,20). The molecule has 2 unspecified atom stereocenters.